The summed E-state index contributed by atoms with van der Waals surface area (Å²) in [5.74, 6) is 0.0820. The molecule has 0 radical (unpaired) electrons. The molecule has 4 aromatic carbocycles. The number of rotatable bonds is 11. The normalized spacial score (nSPS) is 24.7. The van der Waals surface area contributed by atoms with Gasteiger partial charge in [-0.15, -0.1) is 0 Å². The number of aliphatic hydroxyl groups is 1. The lowest BCUT2D eigenvalue weighted by Crippen LogP contribution is -2.48. The van der Waals surface area contributed by atoms with E-state index in [2.05, 4.69) is 70.6 Å². The number of nitrogens with one attached hydrogen (secondary N) is 1. The zero-order valence-corrected chi connectivity index (χ0v) is 28.5. The quantitative estimate of drug-likeness (QED) is 0.179. The van der Waals surface area contributed by atoms with Crippen molar-refractivity contribution in [3.05, 3.63) is 131 Å². The van der Waals surface area contributed by atoms with Crippen molar-refractivity contribution in [3.8, 4) is 11.1 Å². The molecule has 256 valence electrons. The molecule has 3 aliphatic rings. The Kier molecular flexibility index (Phi) is 10.8. The van der Waals surface area contributed by atoms with Gasteiger partial charge in [0.2, 0.25) is 0 Å². The van der Waals surface area contributed by atoms with Crippen molar-refractivity contribution in [2.45, 2.75) is 70.3 Å². The van der Waals surface area contributed by atoms with Crippen LogP contribution < -0.4 is 5.32 Å². The fourth-order valence-corrected chi connectivity index (χ4v) is 7.73. The first-order valence-electron chi connectivity index (χ1n) is 18.0. The number of hydrogen-bond acceptors (Lipinski definition) is 6. The molecule has 0 spiro atoms. The van der Waals surface area contributed by atoms with Gasteiger partial charge in [0.1, 0.15) is 0 Å². The zero-order chi connectivity index (χ0) is 33.6. The van der Waals surface area contributed by atoms with E-state index in [1.54, 1.807) is 0 Å². The molecule has 1 amide bonds. The van der Waals surface area contributed by atoms with Crippen molar-refractivity contribution in [3.63, 3.8) is 0 Å². The van der Waals surface area contributed by atoms with Crippen molar-refractivity contribution in [1.82, 2.24) is 15.1 Å². The number of ether oxygens (including phenoxy) is 2. The number of hydrogen-bond donors (Lipinski definition) is 2. The van der Waals surface area contributed by atoms with E-state index in [0.717, 1.165) is 53.0 Å². The Morgan fingerprint density at radius 3 is 2.29 bits per heavy atom. The zero-order valence-electron chi connectivity index (χ0n) is 28.5. The van der Waals surface area contributed by atoms with Crippen LogP contribution in [0.5, 0.6) is 0 Å². The van der Waals surface area contributed by atoms with E-state index in [0.29, 0.717) is 18.2 Å². The lowest BCUT2D eigenvalue weighted by molar-refractivity contribution is -0.276. The molecule has 5 atom stereocenters. The standard InChI is InChI=1S/C42H49N3O4/c1-30-39(28-45-24-8-13-38(45)27-44-22-5-6-23-44)48-42(49-40(30)34-16-14-31(29-46)15-17-34)36-20-18-33(19-21-36)37-12-7-9-32(25-37)26-43-41(47)35-10-3-2-4-11-35/h2-4,7,9-12,14-21,25,30,38-40,42,46H,5-6,8,13,22-24,26-29H2,1H3,(H,43,47). The third-order valence-corrected chi connectivity index (χ3v) is 10.6. The molecule has 5 unspecified atom stereocenters. The maximum atomic E-state index is 12.6. The summed E-state index contributed by atoms with van der Waals surface area (Å²) in [6.45, 7) is 8.39. The van der Waals surface area contributed by atoms with Crippen LogP contribution in [0.3, 0.4) is 0 Å². The highest BCUT2D eigenvalue weighted by Gasteiger charge is 2.40. The van der Waals surface area contributed by atoms with E-state index in [9.17, 15) is 9.90 Å². The van der Waals surface area contributed by atoms with Crippen LogP contribution in [0, 0.1) is 5.92 Å². The maximum absolute atomic E-state index is 12.6. The average Bonchev–Trinajstić information content (AvgIpc) is 3.84. The third-order valence-electron chi connectivity index (χ3n) is 10.6. The molecular weight excluding hydrogens is 610 g/mol. The van der Waals surface area contributed by atoms with E-state index in [1.165, 1.54) is 38.8 Å². The minimum atomic E-state index is -0.489. The van der Waals surface area contributed by atoms with E-state index in [4.69, 9.17) is 9.47 Å². The lowest BCUT2D eigenvalue weighted by atomic mass is 9.89. The van der Waals surface area contributed by atoms with E-state index in [1.807, 2.05) is 54.6 Å². The van der Waals surface area contributed by atoms with Gasteiger partial charge in [-0.3, -0.25) is 9.69 Å². The molecule has 0 aliphatic carbocycles. The van der Waals surface area contributed by atoms with Crippen molar-refractivity contribution in [1.29, 1.82) is 0 Å². The van der Waals surface area contributed by atoms with Gasteiger partial charge in [-0.2, -0.15) is 0 Å². The molecule has 0 saturated carbocycles. The summed E-state index contributed by atoms with van der Waals surface area (Å²) in [6, 6.07) is 34.9. The SMILES string of the molecule is CC1C(CN2CCCC2CN2CCCC2)OC(c2ccc(-c3cccc(CNC(=O)c4ccccc4)c3)cc2)OC1c1ccc(CO)cc1. The van der Waals surface area contributed by atoms with Gasteiger partial charge in [-0.1, -0.05) is 91.9 Å². The molecule has 7 nitrogen and oxygen atoms in total. The largest absolute Gasteiger partial charge is 0.392 e. The first-order chi connectivity index (χ1) is 24.0. The van der Waals surface area contributed by atoms with E-state index < -0.39 is 6.29 Å². The second-order valence-corrected chi connectivity index (χ2v) is 14.0. The van der Waals surface area contributed by atoms with E-state index in [-0.39, 0.29) is 30.6 Å². The Morgan fingerprint density at radius 2 is 1.53 bits per heavy atom. The van der Waals surface area contributed by atoms with Crippen molar-refractivity contribution in [2.75, 3.05) is 32.7 Å². The molecule has 0 aromatic heterocycles. The van der Waals surface area contributed by atoms with Gasteiger partial charge in [-0.05, 0) is 91.3 Å². The minimum absolute atomic E-state index is 0.0166. The van der Waals surface area contributed by atoms with E-state index >= 15 is 0 Å². The molecule has 0 bridgehead atoms. The topological polar surface area (TPSA) is 74.3 Å². The molecule has 3 saturated heterocycles. The number of carbonyl (C=O) groups is 1. The molecule has 2 N–H and O–H groups in total. The van der Waals surface area contributed by atoms with Crippen LogP contribution in [-0.4, -0.2) is 65.7 Å². The van der Waals surface area contributed by atoms with Crippen LogP contribution in [0.25, 0.3) is 11.1 Å². The lowest BCUT2D eigenvalue weighted by Gasteiger charge is -2.43. The van der Waals surface area contributed by atoms with Crippen LogP contribution in [0.4, 0.5) is 0 Å². The fourth-order valence-electron chi connectivity index (χ4n) is 7.73. The summed E-state index contributed by atoms with van der Waals surface area (Å²) in [6.07, 6.45) is 4.54. The van der Waals surface area contributed by atoms with Gasteiger partial charge < -0.3 is 24.8 Å². The molecular formula is C42H49N3O4. The maximum Gasteiger partial charge on any atom is 0.251 e. The van der Waals surface area contributed by atoms with Crippen LogP contribution in [0.2, 0.25) is 0 Å². The summed E-state index contributed by atoms with van der Waals surface area (Å²) in [4.78, 5) is 17.9. The Bertz CT molecular complexity index is 1660. The van der Waals surface area contributed by atoms with Crippen molar-refractivity contribution >= 4 is 5.91 Å². The number of amides is 1. The highest BCUT2D eigenvalue weighted by molar-refractivity contribution is 5.94. The highest BCUT2D eigenvalue weighted by Crippen LogP contribution is 2.42. The molecule has 49 heavy (non-hydrogen) atoms. The predicted molar refractivity (Wildman–Crippen MR) is 193 cm³/mol. The molecule has 7 rings (SSSR count). The third kappa shape index (κ3) is 8.14. The Labute approximate surface area is 290 Å². The van der Waals surface area contributed by atoms with Gasteiger partial charge in [-0.25, -0.2) is 0 Å². The first-order valence-corrected chi connectivity index (χ1v) is 18.0. The van der Waals surface area contributed by atoms with Crippen molar-refractivity contribution in [2.24, 2.45) is 5.92 Å². The number of carbonyl (C=O) groups excluding carboxylic acids is 1. The Morgan fingerprint density at radius 1 is 0.776 bits per heavy atom. The second kappa shape index (κ2) is 15.8. The number of benzene rings is 4. The molecule has 4 aromatic rings. The average molecular weight is 660 g/mol. The Hall–Kier alpha value is -3.85. The number of likely N-dealkylation sites (tertiary alicyclic amines) is 2. The van der Waals surface area contributed by atoms with Gasteiger partial charge in [0.25, 0.3) is 5.91 Å². The fraction of sp³-hybridized carbons (Fsp3) is 0.405. The number of nitrogens with zero attached hydrogens (tertiary/aromatic N) is 2. The summed E-state index contributed by atoms with van der Waals surface area (Å²) in [5, 5.41) is 12.7. The molecule has 3 aliphatic heterocycles. The molecule has 3 fully saturated rings. The predicted octanol–water partition coefficient (Wildman–Crippen LogP) is 7.13. The number of aliphatic hydroxyl groups excluding tert-OH is 1. The highest BCUT2D eigenvalue weighted by atomic mass is 16.7. The summed E-state index contributed by atoms with van der Waals surface area (Å²) in [5.41, 5.74) is 6.90. The summed E-state index contributed by atoms with van der Waals surface area (Å²) >= 11 is 0. The van der Waals surface area contributed by atoms with Crippen molar-refractivity contribution < 1.29 is 19.4 Å². The summed E-state index contributed by atoms with van der Waals surface area (Å²) < 4.78 is 13.6. The first kappa shape index (κ1) is 33.6. The van der Waals surface area contributed by atoms with Crippen LogP contribution in [0.1, 0.15) is 77.6 Å². The van der Waals surface area contributed by atoms with Gasteiger partial charge in [0.15, 0.2) is 6.29 Å². The van der Waals surface area contributed by atoms with Crippen LogP contribution in [0.15, 0.2) is 103 Å². The van der Waals surface area contributed by atoms with Gasteiger partial charge >= 0.3 is 0 Å². The second-order valence-electron chi connectivity index (χ2n) is 14.0. The molecule has 3 heterocycles. The summed E-state index contributed by atoms with van der Waals surface area (Å²) in [7, 11) is 0. The van der Waals surface area contributed by atoms with Crippen LogP contribution in [-0.2, 0) is 22.6 Å². The Balaban J connectivity index is 1.07. The van der Waals surface area contributed by atoms with Gasteiger partial charge in [0, 0.05) is 42.7 Å². The molecule has 7 heteroatoms. The minimum Gasteiger partial charge on any atom is -0.392 e. The smallest absolute Gasteiger partial charge is 0.251 e. The van der Waals surface area contributed by atoms with Crippen LogP contribution >= 0.6 is 0 Å². The van der Waals surface area contributed by atoms with Gasteiger partial charge in [0.05, 0.1) is 18.8 Å². The monoisotopic (exact) mass is 659 g/mol.